The van der Waals surface area contributed by atoms with Gasteiger partial charge in [-0.1, -0.05) is 54.6 Å². The fourth-order valence-corrected chi connectivity index (χ4v) is 8.85. The summed E-state index contributed by atoms with van der Waals surface area (Å²) in [7, 11) is -15.0. The molecule has 6 nitrogen and oxygen atoms in total. The van der Waals surface area contributed by atoms with Crippen LogP contribution < -0.4 is 0 Å². The van der Waals surface area contributed by atoms with Gasteiger partial charge in [-0.2, -0.15) is 13.2 Å². The highest BCUT2D eigenvalue weighted by Crippen LogP contribution is 2.45. The first-order valence-corrected chi connectivity index (χ1v) is 14.9. The minimum atomic E-state index is -5.57. The van der Waals surface area contributed by atoms with Crippen LogP contribution in [0.5, 0.6) is 0 Å². The van der Waals surface area contributed by atoms with Crippen molar-refractivity contribution in [2.45, 2.75) is 35.5 Å². The van der Waals surface area contributed by atoms with Crippen molar-refractivity contribution in [3.8, 4) is 0 Å². The van der Waals surface area contributed by atoms with Gasteiger partial charge in [0.2, 0.25) is 29.5 Å². The van der Waals surface area contributed by atoms with Crippen LogP contribution in [0.15, 0.2) is 133 Å². The van der Waals surface area contributed by atoms with Crippen LogP contribution in [0, 0.1) is 0 Å². The molecule has 4 aromatic rings. The summed E-state index contributed by atoms with van der Waals surface area (Å²) in [6.45, 7) is 0. The van der Waals surface area contributed by atoms with E-state index in [0.29, 0.717) is 12.1 Å². The molecular weight excluding hydrogens is 549 g/mol. The van der Waals surface area contributed by atoms with Crippen molar-refractivity contribution >= 4 is 29.5 Å². The van der Waals surface area contributed by atoms with Crippen LogP contribution in [0.25, 0.3) is 0 Å². The Morgan fingerprint density at radius 2 is 0.757 bits per heavy atom. The molecule has 0 saturated heterocycles. The van der Waals surface area contributed by atoms with Crippen molar-refractivity contribution in [2.24, 2.45) is 0 Å². The van der Waals surface area contributed by atoms with Crippen molar-refractivity contribution in [3.63, 3.8) is 0 Å². The lowest BCUT2D eigenvalue weighted by molar-refractivity contribution is -0.142. The van der Waals surface area contributed by atoms with Crippen molar-refractivity contribution in [2.75, 3.05) is 0 Å². The Morgan fingerprint density at radius 3 is 1.14 bits per heavy atom. The summed E-state index contributed by atoms with van der Waals surface area (Å²) in [6.07, 6.45) is -5.57. The monoisotopic (exact) mass is 566 g/mol. The molecule has 0 aliphatic carbocycles. The second-order valence-corrected chi connectivity index (χ2v) is 13.4. The Balaban J connectivity index is 2.21. The predicted molar refractivity (Wildman–Crippen MR) is 127 cm³/mol. The molecular formula is C25H17F3O6S3. The molecule has 0 aliphatic heterocycles. The summed E-state index contributed by atoms with van der Waals surface area (Å²) >= 11 is 0. The van der Waals surface area contributed by atoms with Gasteiger partial charge in [0.15, 0.2) is 0 Å². The predicted octanol–water partition coefficient (Wildman–Crippen LogP) is 5.20. The number of hydrogen-bond acceptors (Lipinski definition) is 6. The van der Waals surface area contributed by atoms with Crippen LogP contribution in [0.1, 0.15) is 5.56 Å². The number of rotatable bonds is 6. The number of halogens is 3. The molecule has 0 atom stereocenters. The molecule has 0 N–H and O–H groups in total. The molecule has 0 amide bonds. The molecule has 0 saturated carbocycles. The largest absolute Gasteiger partial charge is 0.419 e. The average Bonchev–Trinajstić information content (AvgIpc) is 2.88. The third-order valence-corrected chi connectivity index (χ3v) is 11.0. The van der Waals surface area contributed by atoms with Crippen molar-refractivity contribution < 1.29 is 38.4 Å². The van der Waals surface area contributed by atoms with E-state index in [1.54, 1.807) is 0 Å². The lowest BCUT2D eigenvalue weighted by Gasteiger charge is -2.21. The lowest BCUT2D eigenvalue weighted by Crippen LogP contribution is -2.22. The molecule has 4 aromatic carbocycles. The molecule has 37 heavy (non-hydrogen) atoms. The van der Waals surface area contributed by atoms with Gasteiger partial charge >= 0.3 is 6.18 Å². The fraction of sp³-hybridized carbons (Fsp3) is 0.0400. The molecule has 0 aromatic heterocycles. The topological polar surface area (TPSA) is 102 Å². The summed E-state index contributed by atoms with van der Waals surface area (Å²) in [5, 5.41) is 0. The zero-order valence-electron chi connectivity index (χ0n) is 18.6. The van der Waals surface area contributed by atoms with Gasteiger partial charge in [0, 0.05) is 0 Å². The zero-order valence-corrected chi connectivity index (χ0v) is 21.1. The van der Waals surface area contributed by atoms with Crippen LogP contribution in [-0.4, -0.2) is 25.3 Å². The maximum Gasteiger partial charge on any atom is 0.419 e. The average molecular weight is 567 g/mol. The van der Waals surface area contributed by atoms with Gasteiger partial charge in [0.1, 0.15) is 4.90 Å². The third-order valence-electron chi connectivity index (χ3n) is 5.38. The van der Waals surface area contributed by atoms with Crippen molar-refractivity contribution in [1.82, 2.24) is 0 Å². The Hall–Kier alpha value is -3.48. The number of alkyl halides is 3. The Morgan fingerprint density at radius 1 is 0.432 bits per heavy atom. The summed E-state index contributed by atoms with van der Waals surface area (Å²) < 4.78 is 125. The van der Waals surface area contributed by atoms with E-state index >= 15 is 0 Å². The molecule has 0 spiro atoms. The van der Waals surface area contributed by atoms with Gasteiger partial charge in [0.25, 0.3) is 0 Å². The van der Waals surface area contributed by atoms with Crippen LogP contribution >= 0.6 is 0 Å². The first-order chi connectivity index (χ1) is 17.3. The normalized spacial score (nSPS) is 12.8. The Bertz CT molecular complexity index is 1770. The number of sulfone groups is 3. The Labute approximate surface area is 211 Å². The van der Waals surface area contributed by atoms with E-state index in [9.17, 15) is 38.4 Å². The Kier molecular flexibility index (Phi) is 6.78. The highest BCUT2D eigenvalue weighted by molar-refractivity contribution is 7.95. The minimum Gasteiger partial charge on any atom is -0.218 e. The standard InChI is InChI=1S/C25H17F3O6S3/c26-25(27,28)23-21(35(29,30)18-10-4-1-5-11-18)16-17-22(36(31,32)19-12-6-2-7-13-19)24(23)37(33,34)20-14-8-3-9-15-20/h1-17H. The highest BCUT2D eigenvalue weighted by atomic mass is 32.2. The maximum absolute atomic E-state index is 14.6. The van der Waals surface area contributed by atoms with E-state index in [1.165, 1.54) is 54.6 Å². The summed E-state index contributed by atoms with van der Waals surface area (Å²) in [5.74, 6) is 0. The molecule has 192 valence electrons. The molecule has 0 bridgehead atoms. The summed E-state index contributed by atoms with van der Waals surface area (Å²) in [6, 6.07) is 19.4. The molecule has 0 fully saturated rings. The fourth-order valence-electron chi connectivity index (χ4n) is 3.69. The van der Waals surface area contributed by atoms with Crippen LogP contribution in [-0.2, 0) is 35.7 Å². The van der Waals surface area contributed by atoms with Gasteiger partial charge in [-0.25, -0.2) is 25.3 Å². The number of hydrogen-bond donors (Lipinski definition) is 0. The van der Waals surface area contributed by atoms with Crippen LogP contribution in [0.3, 0.4) is 0 Å². The molecule has 0 unspecified atom stereocenters. The smallest absolute Gasteiger partial charge is 0.218 e. The SMILES string of the molecule is O=S(=O)(c1ccccc1)c1ccc(S(=O)(=O)c2ccccc2)c(S(=O)(=O)c2ccccc2)c1C(F)(F)F. The van der Waals surface area contributed by atoms with E-state index in [2.05, 4.69) is 0 Å². The molecule has 12 heteroatoms. The van der Waals surface area contributed by atoms with Gasteiger partial charge in [-0.3, -0.25) is 0 Å². The highest BCUT2D eigenvalue weighted by Gasteiger charge is 2.46. The quantitative estimate of drug-likeness (QED) is 0.318. The second-order valence-electron chi connectivity index (χ2n) is 7.71. The van der Waals surface area contributed by atoms with Gasteiger partial charge in [-0.05, 0) is 48.5 Å². The zero-order chi connectivity index (χ0) is 27.1. The first-order valence-electron chi connectivity index (χ1n) is 10.4. The van der Waals surface area contributed by atoms with E-state index < -0.39 is 70.6 Å². The molecule has 0 heterocycles. The van der Waals surface area contributed by atoms with Crippen molar-refractivity contribution in [1.29, 1.82) is 0 Å². The molecule has 0 aliphatic rings. The van der Waals surface area contributed by atoms with E-state index in [0.717, 1.165) is 36.4 Å². The number of benzene rings is 4. The second kappa shape index (κ2) is 9.43. The van der Waals surface area contributed by atoms with E-state index in [1.807, 2.05) is 0 Å². The summed E-state index contributed by atoms with van der Waals surface area (Å²) in [5.41, 5.74) is -2.09. The summed E-state index contributed by atoms with van der Waals surface area (Å²) in [4.78, 5) is -5.87. The van der Waals surface area contributed by atoms with Crippen molar-refractivity contribution in [3.05, 3.63) is 109 Å². The first kappa shape index (κ1) is 26.6. The van der Waals surface area contributed by atoms with Crippen LogP contribution in [0.2, 0.25) is 0 Å². The van der Waals surface area contributed by atoms with Crippen LogP contribution in [0.4, 0.5) is 13.2 Å². The third kappa shape index (κ3) is 4.79. The maximum atomic E-state index is 14.6. The van der Waals surface area contributed by atoms with Gasteiger partial charge in [0.05, 0.1) is 30.0 Å². The van der Waals surface area contributed by atoms with E-state index in [-0.39, 0.29) is 0 Å². The lowest BCUT2D eigenvalue weighted by atomic mass is 10.2. The van der Waals surface area contributed by atoms with Gasteiger partial charge < -0.3 is 0 Å². The minimum absolute atomic E-state index is 0.466. The van der Waals surface area contributed by atoms with Gasteiger partial charge in [-0.15, -0.1) is 0 Å². The van der Waals surface area contributed by atoms with E-state index in [4.69, 9.17) is 0 Å². The molecule has 4 rings (SSSR count). The molecule has 0 radical (unpaired) electrons.